The van der Waals surface area contributed by atoms with Crippen LogP contribution in [0.2, 0.25) is 5.02 Å². The maximum absolute atomic E-state index is 10.8. The summed E-state index contributed by atoms with van der Waals surface area (Å²) in [5.74, 6) is 1.43. The maximum atomic E-state index is 10.8. The third kappa shape index (κ3) is 4.50. The van der Waals surface area contributed by atoms with Crippen LogP contribution in [-0.4, -0.2) is 27.2 Å². The minimum Gasteiger partial charge on any atom is -0.383 e. The molecule has 32 heavy (non-hydrogen) atoms. The largest absolute Gasteiger partial charge is 0.383 e. The van der Waals surface area contributed by atoms with Crippen LogP contribution in [0.25, 0.3) is 11.0 Å². The molecule has 1 saturated carbocycles. The van der Waals surface area contributed by atoms with Gasteiger partial charge in [-0.1, -0.05) is 33.6 Å². The monoisotopic (exact) mass is 515 g/mol. The number of hydrogen-bond acceptors (Lipinski definition) is 3. The molecule has 2 aliphatic carbocycles. The van der Waals surface area contributed by atoms with Gasteiger partial charge >= 0.3 is 0 Å². The van der Waals surface area contributed by atoms with E-state index >= 15 is 0 Å². The number of aliphatic hydroxyl groups is 1. The number of rotatable bonds is 5. The number of halogens is 2. The van der Waals surface area contributed by atoms with E-state index in [9.17, 15) is 5.11 Å². The molecule has 3 aromatic rings. The Morgan fingerprint density at radius 1 is 1.09 bits per heavy atom. The fourth-order valence-corrected chi connectivity index (χ4v) is 6.14. The van der Waals surface area contributed by atoms with Gasteiger partial charge in [-0.15, -0.1) is 0 Å². The summed E-state index contributed by atoms with van der Waals surface area (Å²) in [6, 6.07) is 13.5. The van der Waals surface area contributed by atoms with E-state index in [0.717, 1.165) is 49.1 Å². The van der Waals surface area contributed by atoms with Crippen molar-refractivity contribution in [1.82, 2.24) is 14.9 Å². The summed E-state index contributed by atoms with van der Waals surface area (Å²) in [7, 11) is 0. The van der Waals surface area contributed by atoms with E-state index in [4.69, 9.17) is 16.6 Å². The van der Waals surface area contributed by atoms with Crippen molar-refractivity contribution in [2.24, 2.45) is 5.92 Å². The average molecular weight is 517 g/mol. The molecule has 0 amide bonds. The molecule has 2 aliphatic rings. The molecule has 2 aromatic carbocycles. The van der Waals surface area contributed by atoms with Gasteiger partial charge in [0.15, 0.2) is 0 Å². The standard InChI is InChI=1S/C26H31BrClN3O/c1-26(2,32)25-30-23-14-20(28)5-10-24(23)31(25)22-8-6-21(7-9-22)29-15-16-11-17-3-4-19(27)13-18(17)12-16/h3-5,10,13-14,16,21-22,29,32H,6-9,11-12,15H2,1-2H3/t16-,21?,22?/m1/s1. The first-order valence-corrected chi connectivity index (χ1v) is 12.9. The van der Waals surface area contributed by atoms with Crippen LogP contribution in [0.4, 0.5) is 0 Å². The van der Waals surface area contributed by atoms with Gasteiger partial charge in [0.05, 0.1) is 11.0 Å². The van der Waals surface area contributed by atoms with Crippen LogP contribution in [0, 0.1) is 5.92 Å². The Labute approximate surface area is 203 Å². The van der Waals surface area contributed by atoms with Gasteiger partial charge in [0.1, 0.15) is 11.4 Å². The zero-order chi connectivity index (χ0) is 22.5. The zero-order valence-corrected chi connectivity index (χ0v) is 21.1. The van der Waals surface area contributed by atoms with E-state index in [1.165, 1.54) is 28.4 Å². The van der Waals surface area contributed by atoms with Gasteiger partial charge < -0.3 is 15.0 Å². The van der Waals surface area contributed by atoms with Crippen LogP contribution >= 0.6 is 27.5 Å². The van der Waals surface area contributed by atoms with Gasteiger partial charge in [0.2, 0.25) is 0 Å². The fourth-order valence-electron chi connectivity index (χ4n) is 5.57. The Balaban J connectivity index is 1.23. The van der Waals surface area contributed by atoms with Crippen molar-refractivity contribution in [2.75, 3.05) is 6.54 Å². The summed E-state index contributed by atoms with van der Waals surface area (Å²) in [6.07, 6.45) is 6.83. The van der Waals surface area contributed by atoms with Crippen molar-refractivity contribution in [1.29, 1.82) is 0 Å². The zero-order valence-electron chi connectivity index (χ0n) is 18.7. The third-order valence-corrected chi connectivity index (χ3v) is 7.87. The normalized spacial score (nSPS) is 23.6. The molecular formula is C26H31BrClN3O. The van der Waals surface area contributed by atoms with E-state index in [0.29, 0.717) is 23.0 Å². The lowest BCUT2D eigenvalue weighted by molar-refractivity contribution is 0.0620. The van der Waals surface area contributed by atoms with Gasteiger partial charge in [0.25, 0.3) is 0 Å². The molecule has 1 aromatic heterocycles. The lowest BCUT2D eigenvalue weighted by Gasteiger charge is -2.33. The number of fused-ring (bicyclic) bond motifs is 2. The van der Waals surface area contributed by atoms with Crippen molar-refractivity contribution >= 4 is 38.6 Å². The number of nitrogens with zero attached hydrogens (tertiary/aromatic N) is 2. The highest BCUT2D eigenvalue weighted by atomic mass is 79.9. The Hall–Kier alpha value is -1.40. The number of aromatic nitrogens is 2. The first-order chi connectivity index (χ1) is 15.3. The Morgan fingerprint density at radius 2 is 1.84 bits per heavy atom. The van der Waals surface area contributed by atoms with E-state index in [1.54, 1.807) is 0 Å². The molecular weight excluding hydrogens is 486 g/mol. The Bertz CT molecular complexity index is 1130. The van der Waals surface area contributed by atoms with Crippen LogP contribution in [0.1, 0.15) is 62.5 Å². The lowest BCUT2D eigenvalue weighted by atomic mass is 9.90. The number of benzene rings is 2. The first kappa shape index (κ1) is 22.4. The van der Waals surface area contributed by atoms with Gasteiger partial charge in [-0.3, -0.25) is 0 Å². The maximum Gasteiger partial charge on any atom is 0.141 e. The Kier molecular flexibility index (Phi) is 6.12. The summed E-state index contributed by atoms with van der Waals surface area (Å²) in [6.45, 7) is 4.72. The predicted molar refractivity (Wildman–Crippen MR) is 134 cm³/mol. The molecule has 1 fully saturated rings. The van der Waals surface area contributed by atoms with E-state index in [1.807, 2.05) is 32.0 Å². The second-order valence-corrected chi connectivity index (χ2v) is 11.5. The van der Waals surface area contributed by atoms with Crippen LogP contribution in [0.5, 0.6) is 0 Å². The first-order valence-electron chi connectivity index (χ1n) is 11.7. The van der Waals surface area contributed by atoms with Crippen molar-refractivity contribution in [3.05, 3.63) is 62.8 Å². The Morgan fingerprint density at radius 3 is 2.59 bits per heavy atom. The molecule has 0 bridgehead atoms. The van der Waals surface area contributed by atoms with Crippen molar-refractivity contribution in [3.63, 3.8) is 0 Å². The summed E-state index contributed by atoms with van der Waals surface area (Å²) < 4.78 is 3.45. The van der Waals surface area contributed by atoms with Crippen LogP contribution in [0.3, 0.4) is 0 Å². The molecule has 0 saturated heterocycles. The molecule has 170 valence electrons. The van der Waals surface area contributed by atoms with E-state index in [-0.39, 0.29) is 0 Å². The molecule has 4 nitrogen and oxygen atoms in total. The quantitative estimate of drug-likeness (QED) is 0.426. The third-order valence-electron chi connectivity index (χ3n) is 7.14. The highest BCUT2D eigenvalue weighted by Crippen LogP contribution is 2.37. The topological polar surface area (TPSA) is 50.1 Å². The number of imidazole rings is 1. The van der Waals surface area contributed by atoms with E-state index in [2.05, 4.69) is 44.0 Å². The smallest absolute Gasteiger partial charge is 0.141 e. The number of nitrogens with one attached hydrogen (secondary N) is 1. The highest BCUT2D eigenvalue weighted by Gasteiger charge is 2.31. The van der Waals surface area contributed by atoms with Gasteiger partial charge in [-0.05, 0) is 106 Å². The SMILES string of the molecule is CC(C)(O)c1nc2cc(Cl)ccc2n1C1CCC(NC[C@@H]2Cc3ccc(Br)cc3C2)CC1. The van der Waals surface area contributed by atoms with E-state index < -0.39 is 5.60 Å². The summed E-state index contributed by atoms with van der Waals surface area (Å²) in [4.78, 5) is 4.76. The molecule has 0 unspecified atom stereocenters. The molecule has 0 spiro atoms. The minimum absolute atomic E-state index is 0.355. The fraction of sp³-hybridized carbons (Fsp3) is 0.500. The van der Waals surface area contributed by atoms with Crippen LogP contribution < -0.4 is 5.32 Å². The van der Waals surface area contributed by atoms with Crippen LogP contribution in [0.15, 0.2) is 40.9 Å². The van der Waals surface area contributed by atoms with Crippen molar-refractivity contribution in [3.8, 4) is 0 Å². The minimum atomic E-state index is -0.993. The van der Waals surface area contributed by atoms with Crippen molar-refractivity contribution < 1.29 is 5.11 Å². The molecule has 1 atom stereocenters. The summed E-state index contributed by atoms with van der Waals surface area (Å²) in [5.41, 5.74) is 3.95. The second kappa shape index (κ2) is 8.75. The van der Waals surface area contributed by atoms with Gasteiger partial charge in [0, 0.05) is 21.6 Å². The molecule has 0 radical (unpaired) electrons. The summed E-state index contributed by atoms with van der Waals surface area (Å²) >= 11 is 9.80. The summed E-state index contributed by atoms with van der Waals surface area (Å²) in [5, 5.41) is 15.3. The molecule has 6 heteroatoms. The number of hydrogen-bond donors (Lipinski definition) is 2. The lowest BCUT2D eigenvalue weighted by Crippen LogP contribution is -2.37. The van der Waals surface area contributed by atoms with Crippen LogP contribution in [-0.2, 0) is 18.4 Å². The molecule has 5 rings (SSSR count). The molecule has 0 aliphatic heterocycles. The predicted octanol–water partition coefficient (Wildman–Crippen LogP) is 6.17. The van der Waals surface area contributed by atoms with Gasteiger partial charge in [-0.2, -0.15) is 0 Å². The molecule has 1 heterocycles. The van der Waals surface area contributed by atoms with Crippen molar-refractivity contribution in [2.45, 2.75) is 70.1 Å². The second-order valence-electron chi connectivity index (χ2n) is 10.1. The van der Waals surface area contributed by atoms with Gasteiger partial charge in [-0.25, -0.2) is 4.98 Å². The molecule has 2 N–H and O–H groups in total. The average Bonchev–Trinajstić information content (AvgIpc) is 3.33. The highest BCUT2D eigenvalue weighted by molar-refractivity contribution is 9.10.